The molecule has 0 unspecified atom stereocenters. The van der Waals surface area contributed by atoms with Crippen LogP contribution in [-0.2, 0) is 14.4 Å². The molecule has 0 aliphatic heterocycles. The number of amides is 2. The number of hydrogen-bond donors (Lipinski definition) is 3. The van der Waals surface area contributed by atoms with Crippen molar-refractivity contribution in [3.8, 4) is 0 Å². The molecule has 146 valence electrons. The van der Waals surface area contributed by atoms with E-state index >= 15 is 0 Å². The molecule has 3 N–H and O–H groups in total. The fraction of sp³-hybridized carbons (Fsp3) is 0.105. The molecule has 0 aromatic heterocycles. The van der Waals surface area contributed by atoms with Gasteiger partial charge in [0.05, 0.1) is 16.5 Å². The van der Waals surface area contributed by atoms with Crippen LogP contribution in [0.15, 0.2) is 59.0 Å². The summed E-state index contributed by atoms with van der Waals surface area (Å²) in [5.41, 5.74) is 0.942. The Morgan fingerprint density at radius 1 is 1.07 bits per heavy atom. The Labute approximate surface area is 175 Å². The van der Waals surface area contributed by atoms with Crippen LogP contribution < -0.4 is 10.6 Å². The lowest BCUT2D eigenvalue weighted by Gasteiger charge is -2.08. The molecule has 28 heavy (non-hydrogen) atoms. The molecular weight excluding hydrogens is 423 g/mol. The molecule has 0 fully saturated rings. The Kier molecular flexibility index (Phi) is 7.92. The summed E-state index contributed by atoms with van der Waals surface area (Å²) < 4.78 is 0. The molecule has 2 aromatic rings. The van der Waals surface area contributed by atoms with Gasteiger partial charge >= 0.3 is 5.97 Å². The zero-order valence-corrected chi connectivity index (χ0v) is 17.0. The molecule has 0 radical (unpaired) electrons. The van der Waals surface area contributed by atoms with E-state index in [1.165, 1.54) is 18.7 Å². The molecule has 0 heterocycles. The van der Waals surface area contributed by atoms with E-state index in [0.717, 1.165) is 11.0 Å². The van der Waals surface area contributed by atoms with E-state index in [1.807, 2.05) is 0 Å². The summed E-state index contributed by atoms with van der Waals surface area (Å²) in [6.45, 7) is 1.34. The van der Waals surface area contributed by atoms with Crippen molar-refractivity contribution in [2.45, 2.75) is 11.8 Å². The van der Waals surface area contributed by atoms with Gasteiger partial charge in [-0.05, 0) is 49.4 Å². The molecule has 0 saturated heterocycles. The lowest BCUT2D eigenvalue weighted by atomic mass is 10.2. The number of thioether (sulfide) groups is 1. The van der Waals surface area contributed by atoms with E-state index in [0.29, 0.717) is 21.4 Å². The van der Waals surface area contributed by atoms with Crippen LogP contribution in [0, 0.1) is 0 Å². The van der Waals surface area contributed by atoms with Gasteiger partial charge in [0.25, 0.3) is 0 Å². The number of halogens is 2. The number of rotatable bonds is 7. The first-order valence-corrected chi connectivity index (χ1v) is 9.69. The van der Waals surface area contributed by atoms with Gasteiger partial charge in [0, 0.05) is 27.3 Å². The first-order valence-electron chi connectivity index (χ1n) is 7.95. The Hall–Kier alpha value is -2.48. The Bertz CT molecular complexity index is 930. The number of carboxylic acids is 1. The second-order valence-corrected chi connectivity index (χ2v) is 7.50. The van der Waals surface area contributed by atoms with E-state index in [1.54, 1.807) is 42.5 Å². The van der Waals surface area contributed by atoms with E-state index in [9.17, 15) is 14.4 Å². The molecule has 0 saturated carbocycles. The predicted molar refractivity (Wildman–Crippen MR) is 112 cm³/mol. The van der Waals surface area contributed by atoms with Gasteiger partial charge in [0.2, 0.25) is 11.8 Å². The maximum Gasteiger partial charge on any atom is 0.331 e. The number of hydrogen-bond acceptors (Lipinski definition) is 4. The molecule has 2 aromatic carbocycles. The third-order valence-corrected chi connectivity index (χ3v) is 4.94. The topological polar surface area (TPSA) is 95.5 Å². The summed E-state index contributed by atoms with van der Waals surface area (Å²) in [5.74, 6) is -1.73. The van der Waals surface area contributed by atoms with Crippen LogP contribution in [0.4, 0.5) is 11.4 Å². The number of carbonyl (C=O) groups excluding carboxylic acids is 2. The quantitative estimate of drug-likeness (QED) is 0.430. The van der Waals surface area contributed by atoms with Crippen LogP contribution in [-0.4, -0.2) is 28.6 Å². The van der Waals surface area contributed by atoms with Crippen molar-refractivity contribution in [3.05, 3.63) is 64.2 Å². The fourth-order valence-electron chi connectivity index (χ4n) is 2.00. The minimum Gasteiger partial charge on any atom is -0.478 e. The Morgan fingerprint density at radius 2 is 1.75 bits per heavy atom. The van der Waals surface area contributed by atoms with Crippen molar-refractivity contribution in [1.29, 1.82) is 0 Å². The van der Waals surface area contributed by atoms with Gasteiger partial charge in [-0.3, -0.25) is 9.59 Å². The summed E-state index contributed by atoms with van der Waals surface area (Å²) in [6, 6.07) is 11.6. The largest absolute Gasteiger partial charge is 0.478 e. The third-order valence-electron chi connectivity index (χ3n) is 3.38. The summed E-state index contributed by atoms with van der Waals surface area (Å²) in [6.07, 6.45) is 1.01. The van der Waals surface area contributed by atoms with Crippen LogP contribution >= 0.6 is 35.0 Å². The zero-order valence-electron chi connectivity index (χ0n) is 14.7. The predicted octanol–water partition coefficient (Wildman–Crippen LogP) is 4.69. The highest BCUT2D eigenvalue weighted by molar-refractivity contribution is 8.00. The van der Waals surface area contributed by atoms with E-state index in [2.05, 4.69) is 10.6 Å². The summed E-state index contributed by atoms with van der Waals surface area (Å²) in [7, 11) is 0. The van der Waals surface area contributed by atoms with Crippen LogP contribution in [0.5, 0.6) is 0 Å². The maximum atomic E-state index is 12.1. The van der Waals surface area contributed by atoms with Gasteiger partial charge in [-0.1, -0.05) is 23.2 Å². The standard InChI is InChI=1S/C19H16Cl2N2O4S/c1-11(19(26)27)8-17(24)22-13-3-5-14(6-4-13)28-10-18(25)23-16-7-2-12(20)9-15(16)21/h2-9H,10H2,1H3,(H,22,24)(H,23,25)(H,26,27). The first kappa shape index (κ1) is 21.8. The van der Waals surface area contributed by atoms with Crippen LogP contribution in [0.2, 0.25) is 10.0 Å². The number of benzene rings is 2. The summed E-state index contributed by atoms with van der Waals surface area (Å²) in [5, 5.41) is 14.9. The van der Waals surface area contributed by atoms with E-state index < -0.39 is 11.9 Å². The fourth-order valence-corrected chi connectivity index (χ4v) is 3.15. The normalized spacial score (nSPS) is 11.0. The molecular formula is C19H16Cl2N2O4S. The van der Waals surface area contributed by atoms with Crippen LogP contribution in [0.1, 0.15) is 6.92 Å². The first-order chi connectivity index (χ1) is 13.2. The zero-order chi connectivity index (χ0) is 20.7. The van der Waals surface area contributed by atoms with Crippen molar-refractivity contribution in [1.82, 2.24) is 0 Å². The van der Waals surface area contributed by atoms with Crippen LogP contribution in [0.3, 0.4) is 0 Å². The average Bonchev–Trinajstić information content (AvgIpc) is 2.63. The number of carboxylic acid groups (broad SMARTS) is 1. The number of aliphatic carboxylic acids is 1. The molecule has 0 aliphatic carbocycles. The minimum atomic E-state index is -1.15. The smallest absolute Gasteiger partial charge is 0.331 e. The summed E-state index contributed by atoms with van der Waals surface area (Å²) >= 11 is 13.2. The number of carbonyl (C=O) groups is 3. The van der Waals surface area contributed by atoms with Gasteiger partial charge < -0.3 is 15.7 Å². The van der Waals surface area contributed by atoms with Gasteiger partial charge in [-0.2, -0.15) is 0 Å². The molecule has 9 heteroatoms. The molecule has 2 amide bonds. The lowest BCUT2D eigenvalue weighted by molar-refractivity contribution is -0.132. The Balaban J connectivity index is 1.87. The second kappa shape index (κ2) is 10.2. The van der Waals surface area contributed by atoms with E-state index in [4.69, 9.17) is 28.3 Å². The highest BCUT2D eigenvalue weighted by Crippen LogP contribution is 2.26. The highest BCUT2D eigenvalue weighted by atomic mass is 35.5. The molecule has 0 atom stereocenters. The second-order valence-electron chi connectivity index (χ2n) is 5.61. The molecule has 6 nitrogen and oxygen atoms in total. The number of anilines is 2. The van der Waals surface area contributed by atoms with Crippen molar-refractivity contribution < 1.29 is 19.5 Å². The van der Waals surface area contributed by atoms with Crippen molar-refractivity contribution >= 4 is 64.1 Å². The van der Waals surface area contributed by atoms with Crippen molar-refractivity contribution in [3.63, 3.8) is 0 Å². The number of nitrogens with one attached hydrogen (secondary N) is 2. The average molecular weight is 439 g/mol. The lowest BCUT2D eigenvalue weighted by Crippen LogP contribution is -2.14. The molecule has 2 rings (SSSR count). The van der Waals surface area contributed by atoms with Crippen molar-refractivity contribution in [2.75, 3.05) is 16.4 Å². The Morgan fingerprint density at radius 3 is 2.36 bits per heavy atom. The minimum absolute atomic E-state index is 0.0588. The third kappa shape index (κ3) is 6.92. The maximum absolute atomic E-state index is 12.1. The summed E-state index contributed by atoms with van der Waals surface area (Å²) in [4.78, 5) is 35.3. The van der Waals surface area contributed by atoms with Gasteiger partial charge in [-0.25, -0.2) is 4.79 Å². The monoisotopic (exact) mass is 438 g/mol. The van der Waals surface area contributed by atoms with Gasteiger partial charge in [0.15, 0.2) is 0 Å². The van der Waals surface area contributed by atoms with Crippen molar-refractivity contribution in [2.24, 2.45) is 0 Å². The van der Waals surface area contributed by atoms with Crippen LogP contribution in [0.25, 0.3) is 0 Å². The van der Waals surface area contributed by atoms with Gasteiger partial charge in [0.1, 0.15) is 0 Å². The molecule has 0 bridgehead atoms. The van der Waals surface area contributed by atoms with Gasteiger partial charge in [-0.15, -0.1) is 11.8 Å². The molecule has 0 aliphatic rings. The van der Waals surface area contributed by atoms with E-state index in [-0.39, 0.29) is 17.2 Å². The highest BCUT2D eigenvalue weighted by Gasteiger charge is 2.08. The SMILES string of the molecule is CC(=CC(=O)Nc1ccc(SCC(=O)Nc2ccc(Cl)cc2Cl)cc1)C(=O)O. The molecule has 0 spiro atoms.